The van der Waals surface area contributed by atoms with Crippen molar-refractivity contribution in [2.45, 2.75) is 26.7 Å². The van der Waals surface area contributed by atoms with Crippen LogP contribution in [-0.4, -0.2) is 28.2 Å². The molecule has 15 heavy (non-hydrogen) atoms. The number of aromatic hydroxyl groups is 1. The summed E-state index contributed by atoms with van der Waals surface area (Å²) in [4.78, 5) is 19.1. The Labute approximate surface area is 88.1 Å². The van der Waals surface area contributed by atoms with E-state index in [1.165, 1.54) is 7.11 Å². The van der Waals surface area contributed by atoms with Crippen LogP contribution in [0.5, 0.6) is 5.88 Å². The van der Waals surface area contributed by atoms with Crippen LogP contribution in [0.3, 0.4) is 0 Å². The zero-order chi connectivity index (χ0) is 11.4. The van der Waals surface area contributed by atoms with Gasteiger partial charge in [0.1, 0.15) is 5.69 Å². The lowest BCUT2D eigenvalue weighted by Gasteiger charge is -2.06. The van der Waals surface area contributed by atoms with Crippen LogP contribution < -0.4 is 0 Å². The van der Waals surface area contributed by atoms with Gasteiger partial charge in [0.15, 0.2) is 5.69 Å². The van der Waals surface area contributed by atoms with Crippen molar-refractivity contribution in [2.75, 3.05) is 7.11 Å². The normalized spacial score (nSPS) is 10.1. The number of nitrogens with zero attached hydrogens (tertiary/aromatic N) is 2. The van der Waals surface area contributed by atoms with Crippen molar-refractivity contribution < 1.29 is 14.6 Å². The highest BCUT2D eigenvalue weighted by atomic mass is 16.5. The molecule has 1 rings (SSSR count). The summed E-state index contributed by atoms with van der Waals surface area (Å²) in [6.07, 6.45) is 1.50. The van der Waals surface area contributed by atoms with E-state index in [9.17, 15) is 9.90 Å². The van der Waals surface area contributed by atoms with Crippen LogP contribution in [0.1, 0.15) is 35.2 Å². The van der Waals surface area contributed by atoms with Gasteiger partial charge < -0.3 is 9.84 Å². The molecule has 0 amide bonds. The standard InChI is InChI=1S/C10H14N2O3/c1-4-5-7-9(13)12-8(6(2)11-7)10(14)15-3/h4-5H2,1-3H3,(H,12,13). The molecule has 0 saturated carbocycles. The number of methoxy groups -OCH3 is 1. The molecule has 0 unspecified atom stereocenters. The molecule has 0 radical (unpaired) electrons. The second-order valence-corrected chi connectivity index (χ2v) is 3.17. The number of carbonyl (C=O) groups excluding carboxylic acids is 1. The summed E-state index contributed by atoms with van der Waals surface area (Å²) >= 11 is 0. The van der Waals surface area contributed by atoms with Gasteiger partial charge in [0.25, 0.3) is 0 Å². The van der Waals surface area contributed by atoms with Gasteiger partial charge >= 0.3 is 5.97 Å². The molecular formula is C10H14N2O3. The molecular weight excluding hydrogens is 196 g/mol. The molecule has 0 saturated heterocycles. The molecule has 0 aliphatic carbocycles. The van der Waals surface area contributed by atoms with E-state index in [1.807, 2.05) is 6.92 Å². The number of ether oxygens (including phenoxy) is 1. The molecule has 1 N–H and O–H groups in total. The predicted octanol–water partition coefficient (Wildman–Crippen LogP) is 1.23. The molecule has 0 atom stereocenters. The Bertz CT molecular complexity index is 377. The molecule has 0 bridgehead atoms. The molecule has 1 heterocycles. The van der Waals surface area contributed by atoms with Crippen LogP contribution in [0.4, 0.5) is 0 Å². The largest absolute Gasteiger partial charge is 0.492 e. The van der Waals surface area contributed by atoms with Crippen LogP contribution in [0.2, 0.25) is 0 Å². The molecule has 82 valence electrons. The summed E-state index contributed by atoms with van der Waals surface area (Å²) in [5.74, 6) is -0.777. The lowest BCUT2D eigenvalue weighted by Crippen LogP contribution is -2.10. The molecule has 5 heteroatoms. The molecule has 1 aromatic heterocycles. The van der Waals surface area contributed by atoms with E-state index in [1.54, 1.807) is 6.92 Å². The van der Waals surface area contributed by atoms with E-state index < -0.39 is 5.97 Å². The molecule has 5 nitrogen and oxygen atoms in total. The molecule has 0 aliphatic rings. The molecule has 0 spiro atoms. The first-order valence-electron chi connectivity index (χ1n) is 4.75. The van der Waals surface area contributed by atoms with E-state index in [4.69, 9.17) is 0 Å². The van der Waals surface area contributed by atoms with Gasteiger partial charge in [-0.3, -0.25) is 0 Å². The van der Waals surface area contributed by atoms with Crippen molar-refractivity contribution in [3.8, 4) is 5.88 Å². The van der Waals surface area contributed by atoms with E-state index in [0.29, 0.717) is 17.8 Å². The topological polar surface area (TPSA) is 72.3 Å². The number of hydrogen-bond donors (Lipinski definition) is 1. The third-order valence-corrected chi connectivity index (χ3v) is 1.99. The Morgan fingerprint density at radius 3 is 2.67 bits per heavy atom. The minimum Gasteiger partial charge on any atom is -0.492 e. The summed E-state index contributed by atoms with van der Waals surface area (Å²) in [6.45, 7) is 3.64. The Hall–Kier alpha value is -1.65. The van der Waals surface area contributed by atoms with Crippen LogP contribution in [0, 0.1) is 6.92 Å². The first-order valence-corrected chi connectivity index (χ1v) is 4.75. The fourth-order valence-corrected chi connectivity index (χ4v) is 1.25. The van der Waals surface area contributed by atoms with Crippen molar-refractivity contribution in [2.24, 2.45) is 0 Å². The van der Waals surface area contributed by atoms with E-state index in [2.05, 4.69) is 14.7 Å². The molecule has 1 aromatic rings. The van der Waals surface area contributed by atoms with Gasteiger partial charge in [0.05, 0.1) is 12.8 Å². The van der Waals surface area contributed by atoms with Crippen molar-refractivity contribution in [1.82, 2.24) is 9.97 Å². The fourth-order valence-electron chi connectivity index (χ4n) is 1.25. The number of esters is 1. The van der Waals surface area contributed by atoms with Gasteiger partial charge in [-0.15, -0.1) is 0 Å². The number of aromatic nitrogens is 2. The Morgan fingerprint density at radius 2 is 2.13 bits per heavy atom. The number of rotatable bonds is 3. The van der Waals surface area contributed by atoms with Crippen molar-refractivity contribution in [1.29, 1.82) is 0 Å². The van der Waals surface area contributed by atoms with Crippen molar-refractivity contribution in [3.05, 3.63) is 17.1 Å². The highest BCUT2D eigenvalue weighted by Gasteiger charge is 2.16. The quantitative estimate of drug-likeness (QED) is 0.759. The maximum atomic E-state index is 11.2. The van der Waals surface area contributed by atoms with Gasteiger partial charge in [-0.2, -0.15) is 0 Å². The van der Waals surface area contributed by atoms with Crippen molar-refractivity contribution in [3.63, 3.8) is 0 Å². The van der Waals surface area contributed by atoms with Crippen LogP contribution in [0.25, 0.3) is 0 Å². The minimum atomic E-state index is -0.585. The van der Waals surface area contributed by atoms with E-state index >= 15 is 0 Å². The maximum absolute atomic E-state index is 11.2. The zero-order valence-electron chi connectivity index (χ0n) is 9.07. The summed E-state index contributed by atoms with van der Waals surface area (Å²) < 4.78 is 4.52. The second kappa shape index (κ2) is 4.72. The van der Waals surface area contributed by atoms with E-state index in [-0.39, 0.29) is 11.6 Å². The highest BCUT2D eigenvalue weighted by molar-refractivity contribution is 5.88. The Balaban J connectivity index is 3.13. The number of hydrogen-bond acceptors (Lipinski definition) is 5. The summed E-state index contributed by atoms with van der Waals surface area (Å²) in [7, 11) is 1.26. The SMILES string of the molecule is CCCc1nc(C)c(C(=O)OC)nc1O. The lowest BCUT2D eigenvalue weighted by molar-refractivity contribution is 0.0591. The van der Waals surface area contributed by atoms with Crippen LogP contribution in [-0.2, 0) is 11.2 Å². The molecule has 0 aromatic carbocycles. The lowest BCUT2D eigenvalue weighted by atomic mass is 10.2. The smallest absolute Gasteiger partial charge is 0.358 e. The van der Waals surface area contributed by atoms with Gasteiger partial charge in [-0.1, -0.05) is 13.3 Å². The summed E-state index contributed by atoms with van der Waals surface area (Å²) in [5.41, 5.74) is 1.06. The predicted molar refractivity (Wildman–Crippen MR) is 53.8 cm³/mol. The monoisotopic (exact) mass is 210 g/mol. The third-order valence-electron chi connectivity index (χ3n) is 1.99. The molecule has 0 fully saturated rings. The van der Waals surface area contributed by atoms with Crippen molar-refractivity contribution >= 4 is 5.97 Å². The Kier molecular flexibility index (Phi) is 3.60. The van der Waals surface area contributed by atoms with Gasteiger partial charge in [-0.25, -0.2) is 14.8 Å². The first-order chi connectivity index (χ1) is 7.10. The van der Waals surface area contributed by atoms with Crippen LogP contribution in [0.15, 0.2) is 0 Å². The van der Waals surface area contributed by atoms with Gasteiger partial charge in [-0.05, 0) is 13.3 Å². The average Bonchev–Trinajstić information content (AvgIpc) is 2.22. The zero-order valence-corrected chi connectivity index (χ0v) is 9.07. The maximum Gasteiger partial charge on any atom is 0.358 e. The fraction of sp³-hybridized carbons (Fsp3) is 0.500. The minimum absolute atomic E-state index is 0.0647. The number of carbonyl (C=O) groups is 1. The number of aryl methyl sites for hydroxylation is 2. The van der Waals surface area contributed by atoms with E-state index in [0.717, 1.165) is 6.42 Å². The summed E-state index contributed by atoms with van der Waals surface area (Å²) in [5, 5.41) is 9.51. The summed E-state index contributed by atoms with van der Waals surface area (Å²) in [6, 6.07) is 0. The molecule has 0 aliphatic heterocycles. The van der Waals surface area contributed by atoms with Gasteiger partial charge in [0, 0.05) is 0 Å². The Morgan fingerprint density at radius 1 is 1.47 bits per heavy atom. The highest BCUT2D eigenvalue weighted by Crippen LogP contribution is 2.16. The van der Waals surface area contributed by atoms with Crippen LogP contribution >= 0.6 is 0 Å². The second-order valence-electron chi connectivity index (χ2n) is 3.17. The average molecular weight is 210 g/mol. The third kappa shape index (κ3) is 2.43. The first kappa shape index (κ1) is 11.4. The van der Waals surface area contributed by atoms with Gasteiger partial charge in [0.2, 0.25) is 5.88 Å².